The number of nitrogens with one attached hydrogen (secondary N) is 1. The highest BCUT2D eigenvalue weighted by molar-refractivity contribution is 4.89. The highest BCUT2D eigenvalue weighted by Crippen LogP contribution is 2.21. The number of hydrogen-bond donors (Lipinski definition) is 1. The van der Waals surface area contributed by atoms with Crippen LogP contribution in [0.1, 0.15) is 19.8 Å². The van der Waals surface area contributed by atoms with Crippen LogP contribution in [-0.2, 0) is 0 Å². The standard InChI is InChI=1S/C8H16N2/c1-7-5-9-6-8-3-2-4-10(7)8/h7-9H,2-6H2,1H3/t7-,8?/m0/s1. The minimum Gasteiger partial charge on any atom is -0.314 e. The van der Waals surface area contributed by atoms with Crippen molar-refractivity contribution in [1.82, 2.24) is 10.2 Å². The zero-order chi connectivity index (χ0) is 6.97. The van der Waals surface area contributed by atoms with E-state index >= 15 is 0 Å². The third-order valence-corrected chi connectivity index (χ3v) is 2.81. The first-order valence-corrected chi connectivity index (χ1v) is 4.34. The van der Waals surface area contributed by atoms with Gasteiger partial charge in [0.15, 0.2) is 0 Å². The first kappa shape index (κ1) is 6.62. The Hall–Kier alpha value is -0.0800. The fraction of sp³-hybridized carbons (Fsp3) is 1.00. The van der Waals surface area contributed by atoms with Gasteiger partial charge < -0.3 is 5.32 Å². The Bertz CT molecular complexity index is 124. The van der Waals surface area contributed by atoms with E-state index in [0.717, 1.165) is 12.1 Å². The fourth-order valence-corrected chi connectivity index (χ4v) is 2.23. The molecule has 0 radical (unpaired) electrons. The first-order chi connectivity index (χ1) is 4.88. The molecule has 0 spiro atoms. The maximum absolute atomic E-state index is 3.46. The topological polar surface area (TPSA) is 15.3 Å². The molecule has 2 heteroatoms. The second-order valence-corrected chi connectivity index (χ2v) is 3.54. The summed E-state index contributed by atoms with van der Waals surface area (Å²) in [6, 6.07) is 1.64. The molecule has 2 fully saturated rings. The van der Waals surface area contributed by atoms with Crippen molar-refractivity contribution in [1.29, 1.82) is 0 Å². The number of piperazine rings is 1. The monoisotopic (exact) mass is 140 g/mol. The van der Waals surface area contributed by atoms with E-state index in [2.05, 4.69) is 17.1 Å². The molecule has 0 aliphatic carbocycles. The normalized spacial score (nSPS) is 41.7. The Morgan fingerprint density at radius 3 is 3.10 bits per heavy atom. The molecule has 2 aliphatic rings. The summed E-state index contributed by atoms with van der Waals surface area (Å²) < 4.78 is 0. The summed E-state index contributed by atoms with van der Waals surface area (Å²) in [5.41, 5.74) is 0. The van der Waals surface area contributed by atoms with Gasteiger partial charge in [0, 0.05) is 25.2 Å². The smallest absolute Gasteiger partial charge is 0.0224 e. The van der Waals surface area contributed by atoms with Crippen molar-refractivity contribution in [3.8, 4) is 0 Å². The molecule has 2 rings (SSSR count). The zero-order valence-corrected chi connectivity index (χ0v) is 6.64. The summed E-state index contributed by atoms with van der Waals surface area (Å²) >= 11 is 0. The van der Waals surface area contributed by atoms with Gasteiger partial charge in [-0.05, 0) is 26.3 Å². The van der Waals surface area contributed by atoms with Gasteiger partial charge >= 0.3 is 0 Å². The molecule has 1 unspecified atom stereocenters. The number of hydrogen-bond acceptors (Lipinski definition) is 2. The predicted molar refractivity (Wildman–Crippen MR) is 42.1 cm³/mol. The van der Waals surface area contributed by atoms with Crippen molar-refractivity contribution >= 4 is 0 Å². The van der Waals surface area contributed by atoms with Gasteiger partial charge in [-0.3, -0.25) is 4.90 Å². The molecule has 10 heavy (non-hydrogen) atoms. The van der Waals surface area contributed by atoms with Crippen molar-refractivity contribution in [2.24, 2.45) is 0 Å². The molecule has 0 aromatic carbocycles. The van der Waals surface area contributed by atoms with Crippen LogP contribution in [0.15, 0.2) is 0 Å². The third-order valence-electron chi connectivity index (χ3n) is 2.81. The quantitative estimate of drug-likeness (QED) is 0.525. The highest BCUT2D eigenvalue weighted by atomic mass is 15.3. The largest absolute Gasteiger partial charge is 0.314 e. The Morgan fingerprint density at radius 1 is 1.40 bits per heavy atom. The summed E-state index contributed by atoms with van der Waals surface area (Å²) in [6.07, 6.45) is 2.83. The second kappa shape index (κ2) is 2.51. The Balaban J connectivity index is 2.03. The van der Waals surface area contributed by atoms with E-state index in [-0.39, 0.29) is 0 Å². The lowest BCUT2D eigenvalue weighted by Gasteiger charge is -2.36. The van der Waals surface area contributed by atoms with Crippen molar-refractivity contribution in [2.45, 2.75) is 31.8 Å². The Labute approximate surface area is 62.6 Å². The molecule has 0 bridgehead atoms. The first-order valence-electron chi connectivity index (χ1n) is 4.34. The van der Waals surface area contributed by atoms with Crippen LogP contribution in [0.25, 0.3) is 0 Å². The highest BCUT2D eigenvalue weighted by Gasteiger charge is 2.30. The fourth-order valence-electron chi connectivity index (χ4n) is 2.23. The van der Waals surface area contributed by atoms with E-state index in [1.54, 1.807) is 0 Å². The lowest BCUT2D eigenvalue weighted by molar-refractivity contribution is 0.149. The number of fused-ring (bicyclic) bond motifs is 1. The average Bonchev–Trinajstić information content (AvgIpc) is 2.36. The summed E-state index contributed by atoms with van der Waals surface area (Å²) in [5, 5.41) is 3.46. The molecule has 2 aliphatic heterocycles. The molecule has 0 amide bonds. The molecule has 2 atom stereocenters. The van der Waals surface area contributed by atoms with Gasteiger partial charge in [0.05, 0.1) is 0 Å². The SMILES string of the molecule is C[C@H]1CNCC2CCCN21. The van der Waals surface area contributed by atoms with Crippen LogP contribution in [0.3, 0.4) is 0 Å². The van der Waals surface area contributed by atoms with Gasteiger partial charge in [-0.2, -0.15) is 0 Å². The van der Waals surface area contributed by atoms with Gasteiger partial charge in [-0.25, -0.2) is 0 Å². The van der Waals surface area contributed by atoms with Crippen LogP contribution < -0.4 is 5.32 Å². The van der Waals surface area contributed by atoms with E-state index in [9.17, 15) is 0 Å². The summed E-state index contributed by atoms with van der Waals surface area (Å²) in [4.78, 5) is 2.65. The molecule has 2 saturated heterocycles. The molecular weight excluding hydrogens is 124 g/mol. The van der Waals surface area contributed by atoms with Gasteiger partial charge in [0.1, 0.15) is 0 Å². The number of nitrogens with zero attached hydrogens (tertiary/aromatic N) is 1. The van der Waals surface area contributed by atoms with Gasteiger partial charge in [0.25, 0.3) is 0 Å². The molecule has 0 saturated carbocycles. The van der Waals surface area contributed by atoms with Crippen molar-refractivity contribution in [3.05, 3.63) is 0 Å². The Kier molecular flexibility index (Phi) is 1.66. The second-order valence-electron chi connectivity index (χ2n) is 3.54. The summed E-state index contributed by atoms with van der Waals surface area (Å²) in [5.74, 6) is 0. The van der Waals surface area contributed by atoms with Crippen molar-refractivity contribution in [2.75, 3.05) is 19.6 Å². The van der Waals surface area contributed by atoms with E-state index < -0.39 is 0 Å². The molecule has 1 N–H and O–H groups in total. The molecule has 0 aromatic rings. The van der Waals surface area contributed by atoms with E-state index in [1.165, 1.54) is 32.5 Å². The minimum atomic E-state index is 0.779. The lowest BCUT2D eigenvalue weighted by Crippen LogP contribution is -2.53. The molecular formula is C8H16N2. The van der Waals surface area contributed by atoms with Gasteiger partial charge in [0.2, 0.25) is 0 Å². The van der Waals surface area contributed by atoms with Crippen LogP contribution in [0.5, 0.6) is 0 Å². The minimum absolute atomic E-state index is 0.779. The van der Waals surface area contributed by atoms with E-state index in [1.807, 2.05) is 0 Å². The van der Waals surface area contributed by atoms with Crippen LogP contribution in [0.4, 0.5) is 0 Å². The van der Waals surface area contributed by atoms with Gasteiger partial charge in [-0.15, -0.1) is 0 Å². The van der Waals surface area contributed by atoms with Crippen LogP contribution in [-0.4, -0.2) is 36.6 Å². The maximum atomic E-state index is 3.46. The van der Waals surface area contributed by atoms with E-state index in [0.29, 0.717) is 0 Å². The van der Waals surface area contributed by atoms with Crippen LogP contribution in [0.2, 0.25) is 0 Å². The molecule has 2 nitrogen and oxygen atoms in total. The number of rotatable bonds is 0. The summed E-state index contributed by atoms with van der Waals surface area (Å²) in [7, 11) is 0. The lowest BCUT2D eigenvalue weighted by atomic mass is 10.1. The van der Waals surface area contributed by atoms with E-state index in [4.69, 9.17) is 0 Å². The zero-order valence-electron chi connectivity index (χ0n) is 6.64. The molecule has 2 heterocycles. The van der Waals surface area contributed by atoms with Crippen LogP contribution in [0, 0.1) is 0 Å². The maximum Gasteiger partial charge on any atom is 0.0224 e. The molecule has 0 aromatic heterocycles. The molecule has 58 valence electrons. The third kappa shape index (κ3) is 0.956. The predicted octanol–water partition coefficient (Wildman–Crippen LogP) is 0.442. The van der Waals surface area contributed by atoms with Gasteiger partial charge in [-0.1, -0.05) is 0 Å². The van der Waals surface area contributed by atoms with Crippen molar-refractivity contribution < 1.29 is 0 Å². The van der Waals surface area contributed by atoms with Crippen LogP contribution >= 0.6 is 0 Å². The Morgan fingerprint density at radius 2 is 2.30 bits per heavy atom. The average molecular weight is 140 g/mol. The van der Waals surface area contributed by atoms with Crippen molar-refractivity contribution in [3.63, 3.8) is 0 Å². The summed E-state index contributed by atoms with van der Waals surface area (Å²) in [6.45, 7) is 6.08.